The van der Waals surface area contributed by atoms with Crippen LogP contribution in [0.5, 0.6) is 0 Å². The minimum atomic E-state index is -0.0266. The first-order valence-electron chi connectivity index (χ1n) is 7.87. The molecular weight excluding hydrogens is 290 g/mol. The fourth-order valence-corrected chi connectivity index (χ4v) is 2.72. The Bertz CT molecular complexity index is 717. The highest BCUT2D eigenvalue weighted by atomic mass is 16.2. The molecule has 0 radical (unpaired) electrons. The van der Waals surface area contributed by atoms with E-state index in [0.29, 0.717) is 13.0 Å². The van der Waals surface area contributed by atoms with Gasteiger partial charge in [-0.2, -0.15) is 5.10 Å². The average molecular weight is 311 g/mol. The minimum Gasteiger partial charge on any atom is -0.330 e. The van der Waals surface area contributed by atoms with Gasteiger partial charge in [0, 0.05) is 24.2 Å². The number of hydrogen-bond donors (Lipinski definition) is 2. The number of carbonyl (C=O) groups excluding carboxylic acids is 1. The predicted octanol–water partition coefficient (Wildman–Crippen LogP) is 1.62. The molecule has 0 spiro atoms. The molecule has 2 heterocycles. The van der Waals surface area contributed by atoms with Crippen LogP contribution in [0.15, 0.2) is 41.9 Å². The number of rotatable bonds is 5. The summed E-state index contributed by atoms with van der Waals surface area (Å²) in [7, 11) is 0. The van der Waals surface area contributed by atoms with Gasteiger partial charge in [-0.3, -0.25) is 4.79 Å². The molecule has 0 aliphatic carbocycles. The number of imidazole rings is 1. The standard InChI is InChI=1S/C17H21N5O/c1-12-9-16(23)20-21-17(12)13-4-6-15(7-5-13)22-10-14(19-11-22)3-2-8-18/h4-7,10-12H,2-3,8-9,18H2,1H3,(H,20,23). The minimum absolute atomic E-state index is 0.0266. The molecule has 1 amide bonds. The van der Waals surface area contributed by atoms with Crippen molar-refractivity contribution in [2.75, 3.05) is 6.54 Å². The number of carbonyl (C=O) groups is 1. The topological polar surface area (TPSA) is 85.3 Å². The van der Waals surface area contributed by atoms with Gasteiger partial charge in [0.2, 0.25) is 5.91 Å². The van der Waals surface area contributed by atoms with Crippen LogP contribution >= 0.6 is 0 Å². The van der Waals surface area contributed by atoms with Crippen molar-refractivity contribution < 1.29 is 4.79 Å². The van der Waals surface area contributed by atoms with E-state index in [1.54, 1.807) is 0 Å². The summed E-state index contributed by atoms with van der Waals surface area (Å²) in [6.07, 6.45) is 6.18. The maximum atomic E-state index is 11.3. The van der Waals surface area contributed by atoms with Crippen LogP contribution in [-0.2, 0) is 11.2 Å². The van der Waals surface area contributed by atoms with Crippen LogP contribution in [0.4, 0.5) is 0 Å². The van der Waals surface area contributed by atoms with Crippen molar-refractivity contribution in [1.29, 1.82) is 0 Å². The van der Waals surface area contributed by atoms with E-state index in [0.717, 1.165) is 35.5 Å². The van der Waals surface area contributed by atoms with E-state index in [1.807, 2.05) is 48.3 Å². The van der Waals surface area contributed by atoms with Crippen LogP contribution < -0.4 is 11.2 Å². The van der Waals surface area contributed by atoms with Crippen molar-refractivity contribution in [2.24, 2.45) is 16.8 Å². The first kappa shape index (κ1) is 15.4. The molecule has 0 saturated heterocycles. The molecule has 1 atom stereocenters. The summed E-state index contributed by atoms with van der Waals surface area (Å²) in [6.45, 7) is 2.70. The summed E-state index contributed by atoms with van der Waals surface area (Å²) in [5.74, 6) is 0.104. The van der Waals surface area contributed by atoms with Gasteiger partial charge in [0.1, 0.15) is 0 Å². The van der Waals surface area contributed by atoms with Crippen LogP contribution in [-0.4, -0.2) is 27.7 Å². The van der Waals surface area contributed by atoms with Crippen molar-refractivity contribution in [1.82, 2.24) is 15.0 Å². The van der Waals surface area contributed by atoms with Crippen molar-refractivity contribution in [3.63, 3.8) is 0 Å². The summed E-state index contributed by atoms with van der Waals surface area (Å²) >= 11 is 0. The van der Waals surface area contributed by atoms with E-state index >= 15 is 0 Å². The summed E-state index contributed by atoms with van der Waals surface area (Å²) < 4.78 is 2.00. The van der Waals surface area contributed by atoms with Gasteiger partial charge >= 0.3 is 0 Å². The smallest absolute Gasteiger partial charge is 0.240 e. The summed E-state index contributed by atoms with van der Waals surface area (Å²) in [4.78, 5) is 15.7. The maximum absolute atomic E-state index is 11.3. The van der Waals surface area contributed by atoms with E-state index in [9.17, 15) is 4.79 Å². The molecule has 6 heteroatoms. The van der Waals surface area contributed by atoms with Crippen LogP contribution in [0.2, 0.25) is 0 Å². The first-order valence-corrected chi connectivity index (χ1v) is 7.87. The Kier molecular flexibility index (Phi) is 4.52. The van der Waals surface area contributed by atoms with Crippen molar-refractivity contribution >= 4 is 11.6 Å². The number of nitrogens with one attached hydrogen (secondary N) is 1. The van der Waals surface area contributed by atoms with Gasteiger partial charge in [-0.25, -0.2) is 10.4 Å². The predicted molar refractivity (Wildman–Crippen MR) is 89.4 cm³/mol. The molecule has 1 unspecified atom stereocenters. The Morgan fingerprint density at radius 3 is 2.83 bits per heavy atom. The number of hydrogen-bond acceptors (Lipinski definition) is 4. The molecule has 6 nitrogen and oxygen atoms in total. The molecule has 2 aromatic rings. The van der Waals surface area contributed by atoms with E-state index in [1.165, 1.54) is 0 Å². The molecule has 1 aliphatic rings. The van der Waals surface area contributed by atoms with E-state index in [4.69, 9.17) is 5.73 Å². The highest BCUT2D eigenvalue weighted by Crippen LogP contribution is 2.18. The quantitative estimate of drug-likeness (QED) is 0.880. The third-order valence-electron chi connectivity index (χ3n) is 3.99. The third kappa shape index (κ3) is 3.48. The first-order chi connectivity index (χ1) is 11.2. The van der Waals surface area contributed by atoms with Crippen LogP contribution in [0.1, 0.15) is 31.0 Å². The number of aromatic nitrogens is 2. The van der Waals surface area contributed by atoms with Gasteiger partial charge in [0.15, 0.2) is 0 Å². The SMILES string of the molecule is CC1CC(=O)NN=C1c1ccc(-n2cnc(CCCN)c2)cc1. The Labute approximate surface area is 135 Å². The highest BCUT2D eigenvalue weighted by Gasteiger charge is 2.21. The average Bonchev–Trinajstić information content (AvgIpc) is 3.02. The summed E-state index contributed by atoms with van der Waals surface area (Å²) in [5, 5.41) is 4.19. The number of amides is 1. The fourth-order valence-electron chi connectivity index (χ4n) is 2.72. The second-order valence-electron chi connectivity index (χ2n) is 5.85. The molecule has 23 heavy (non-hydrogen) atoms. The van der Waals surface area contributed by atoms with Crippen LogP contribution in [0.3, 0.4) is 0 Å². The highest BCUT2D eigenvalue weighted by molar-refractivity contribution is 6.05. The van der Waals surface area contributed by atoms with Gasteiger partial charge in [-0.05, 0) is 37.1 Å². The van der Waals surface area contributed by atoms with Gasteiger partial charge in [-0.15, -0.1) is 0 Å². The van der Waals surface area contributed by atoms with Crippen molar-refractivity contribution in [3.8, 4) is 5.69 Å². The Morgan fingerprint density at radius 1 is 1.35 bits per heavy atom. The number of nitrogens with zero attached hydrogens (tertiary/aromatic N) is 3. The Morgan fingerprint density at radius 2 is 2.13 bits per heavy atom. The van der Waals surface area contributed by atoms with Crippen molar-refractivity contribution in [2.45, 2.75) is 26.2 Å². The largest absolute Gasteiger partial charge is 0.330 e. The lowest BCUT2D eigenvalue weighted by molar-refractivity contribution is -0.121. The fraction of sp³-hybridized carbons (Fsp3) is 0.353. The summed E-state index contributed by atoms with van der Waals surface area (Å²) in [6, 6.07) is 8.13. The Balaban J connectivity index is 1.77. The number of hydrazone groups is 1. The van der Waals surface area contributed by atoms with Gasteiger partial charge in [0.05, 0.1) is 17.7 Å². The molecule has 120 valence electrons. The Hall–Kier alpha value is -2.47. The molecule has 0 bridgehead atoms. The molecular formula is C17H21N5O. The van der Waals surface area contributed by atoms with Gasteiger partial charge < -0.3 is 10.3 Å². The molecule has 3 rings (SSSR count). The number of benzene rings is 1. The zero-order chi connectivity index (χ0) is 16.2. The zero-order valence-electron chi connectivity index (χ0n) is 13.2. The second kappa shape index (κ2) is 6.75. The van der Waals surface area contributed by atoms with Gasteiger partial charge in [-0.1, -0.05) is 19.1 Å². The normalized spacial score (nSPS) is 17.7. The van der Waals surface area contributed by atoms with Crippen LogP contribution in [0, 0.1) is 5.92 Å². The van der Waals surface area contributed by atoms with Crippen molar-refractivity contribution in [3.05, 3.63) is 48.0 Å². The lowest BCUT2D eigenvalue weighted by atomic mass is 9.94. The lowest BCUT2D eigenvalue weighted by Gasteiger charge is -2.19. The van der Waals surface area contributed by atoms with Crippen LogP contribution in [0.25, 0.3) is 5.69 Å². The summed E-state index contributed by atoms with van der Waals surface area (Å²) in [5.41, 5.74) is 12.1. The van der Waals surface area contributed by atoms with E-state index < -0.39 is 0 Å². The van der Waals surface area contributed by atoms with E-state index in [-0.39, 0.29) is 11.8 Å². The molecule has 3 N–H and O–H groups in total. The molecule has 0 fully saturated rings. The zero-order valence-corrected chi connectivity index (χ0v) is 13.2. The molecule has 1 aromatic carbocycles. The molecule has 1 aliphatic heterocycles. The molecule has 1 aromatic heterocycles. The number of nitrogens with two attached hydrogens (primary N) is 1. The van der Waals surface area contributed by atoms with Gasteiger partial charge in [0.25, 0.3) is 0 Å². The number of aryl methyl sites for hydroxylation is 1. The second-order valence-corrected chi connectivity index (χ2v) is 5.85. The molecule has 0 saturated carbocycles. The lowest BCUT2D eigenvalue weighted by Crippen LogP contribution is -2.31. The third-order valence-corrected chi connectivity index (χ3v) is 3.99. The van der Waals surface area contributed by atoms with E-state index in [2.05, 4.69) is 15.5 Å². The maximum Gasteiger partial charge on any atom is 0.240 e. The monoisotopic (exact) mass is 311 g/mol.